The number of nitrogens with zero attached hydrogens (tertiary/aromatic N) is 2. The van der Waals surface area contributed by atoms with Crippen molar-refractivity contribution < 1.29 is 4.79 Å². The first kappa shape index (κ1) is 10.5. The summed E-state index contributed by atoms with van der Waals surface area (Å²) in [5, 5.41) is 0. The standard InChI is InChI=1S/C10H20N2O/c1-8(2)10(13)12(4)9-5-6-11(3)7-9/h8-9H,5-7H2,1-4H3. The minimum absolute atomic E-state index is 0.121. The van der Waals surface area contributed by atoms with Gasteiger partial charge < -0.3 is 9.80 Å². The van der Waals surface area contributed by atoms with E-state index >= 15 is 0 Å². The number of hydrogen-bond acceptors (Lipinski definition) is 2. The summed E-state index contributed by atoms with van der Waals surface area (Å²) in [5.41, 5.74) is 0. The van der Waals surface area contributed by atoms with Gasteiger partial charge in [0.05, 0.1) is 0 Å². The molecule has 1 fully saturated rings. The van der Waals surface area contributed by atoms with Crippen molar-refractivity contribution in [3.8, 4) is 0 Å². The van der Waals surface area contributed by atoms with Crippen LogP contribution in [0.15, 0.2) is 0 Å². The third kappa shape index (κ3) is 2.44. The molecule has 0 aromatic rings. The molecule has 1 aliphatic heterocycles. The van der Waals surface area contributed by atoms with Crippen LogP contribution >= 0.6 is 0 Å². The van der Waals surface area contributed by atoms with Crippen molar-refractivity contribution in [2.45, 2.75) is 26.3 Å². The van der Waals surface area contributed by atoms with Crippen LogP contribution in [0.3, 0.4) is 0 Å². The van der Waals surface area contributed by atoms with E-state index in [4.69, 9.17) is 0 Å². The molecule has 3 heteroatoms. The van der Waals surface area contributed by atoms with Gasteiger partial charge in [-0.25, -0.2) is 0 Å². The van der Waals surface area contributed by atoms with Gasteiger partial charge in [0.25, 0.3) is 0 Å². The monoisotopic (exact) mass is 184 g/mol. The van der Waals surface area contributed by atoms with Crippen LogP contribution in [0, 0.1) is 5.92 Å². The molecule has 1 saturated heterocycles. The minimum atomic E-state index is 0.121. The highest BCUT2D eigenvalue weighted by atomic mass is 16.2. The van der Waals surface area contributed by atoms with E-state index in [1.54, 1.807) is 0 Å². The highest BCUT2D eigenvalue weighted by molar-refractivity contribution is 5.78. The fourth-order valence-electron chi connectivity index (χ4n) is 1.82. The minimum Gasteiger partial charge on any atom is -0.341 e. The highest BCUT2D eigenvalue weighted by Crippen LogP contribution is 2.14. The maximum Gasteiger partial charge on any atom is 0.225 e. The quantitative estimate of drug-likeness (QED) is 0.634. The molecular formula is C10H20N2O. The SMILES string of the molecule is CC(C)C(=O)N(C)C1CCN(C)C1. The van der Waals surface area contributed by atoms with E-state index in [-0.39, 0.29) is 11.8 Å². The van der Waals surface area contributed by atoms with E-state index < -0.39 is 0 Å². The summed E-state index contributed by atoms with van der Waals surface area (Å²) in [6.45, 7) is 6.05. The van der Waals surface area contributed by atoms with Crippen molar-refractivity contribution in [1.29, 1.82) is 0 Å². The van der Waals surface area contributed by atoms with Gasteiger partial charge in [-0.2, -0.15) is 0 Å². The number of rotatable bonds is 2. The Hall–Kier alpha value is -0.570. The second-order valence-corrected chi connectivity index (χ2v) is 4.31. The first-order chi connectivity index (χ1) is 6.02. The van der Waals surface area contributed by atoms with E-state index in [0.29, 0.717) is 6.04 Å². The third-order valence-electron chi connectivity index (χ3n) is 2.76. The number of hydrogen-bond donors (Lipinski definition) is 0. The lowest BCUT2D eigenvalue weighted by Crippen LogP contribution is -2.40. The normalized spacial score (nSPS) is 23.9. The van der Waals surface area contributed by atoms with Crippen molar-refractivity contribution >= 4 is 5.91 Å². The van der Waals surface area contributed by atoms with Crippen LogP contribution in [0.25, 0.3) is 0 Å². The Balaban J connectivity index is 2.48. The summed E-state index contributed by atoms with van der Waals surface area (Å²) in [6.07, 6.45) is 1.12. The fourth-order valence-corrected chi connectivity index (χ4v) is 1.82. The summed E-state index contributed by atoms with van der Waals surface area (Å²) >= 11 is 0. The highest BCUT2D eigenvalue weighted by Gasteiger charge is 2.27. The molecule has 1 amide bonds. The lowest BCUT2D eigenvalue weighted by Gasteiger charge is -2.26. The molecule has 1 heterocycles. The van der Waals surface area contributed by atoms with E-state index in [9.17, 15) is 4.79 Å². The number of likely N-dealkylation sites (N-methyl/N-ethyl adjacent to an activating group) is 2. The smallest absolute Gasteiger partial charge is 0.225 e. The Morgan fingerprint density at radius 1 is 1.54 bits per heavy atom. The van der Waals surface area contributed by atoms with Gasteiger partial charge in [-0.05, 0) is 20.0 Å². The lowest BCUT2D eigenvalue weighted by atomic mass is 10.1. The number of amides is 1. The van der Waals surface area contributed by atoms with E-state index in [1.165, 1.54) is 0 Å². The van der Waals surface area contributed by atoms with Gasteiger partial charge in [-0.1, -0.05) is 13.8 Å². The van der Waals surface area contributed by atoms with Gasteiger partial charge in [0, 0.05) is 25.6 Å². The molecule has 0 saturated carbocycles. The summed E-state index contributed by atoms with van der Waals surface area (Å²) < 4.78 is 0. The molecule has 1 unspecified atom stereocenters. The topological polar surface area (TPSA) is 23.6 Å². The first-order valence-corrected chi connectivity index (χ1v) is 4.97. The fraction of sp³-hybridized carbons (Fsp3) is 0.900. The zero-order valence-electron chi connectivity index (χ0n) is 9.08. The van der Waals surface area contributed by atoms with Crippen LogP contribution in [0.1, 0.15) is 20.3 Å². The van der Waals surface area contributed by atoms with E-state index in [0.717, 1.165) is 19.5 Å². The second kappa shape index (κ2) is 4.09. The molecule has 0 spiro atoms. The number of carbonyl (C=O) groups excluding carboxylic acids is 1. The lowest BCUT2D eigenvalue weighted by molar-refractivity contribution is -0.134. The maximum absolute atomic E-state index is 11.6. The van der Waals surface area contributed by atoms with Gasteiger partial charge in [0.2, 0.25) is 5.91 Å². The van der Waals surface area contributed by atoms with Crippen LogP contribution in [-0.2, 0) is 4.79 Å². The number of carbonyl (C=O) groups is 1. The first-order valence-electron chi connectivity index (χ1n) is 4.97. The molecule has 0 aliphatic carbocycles. The molecule has 1 aliphatic rings. The molecule has 13 heavy (non-hydrogen) atoms. The molecule has 1 atom stereocenters. The molecule has 0 bridgehead atoms. The molecule has 76 valence electrons. The predicted octanol–water partition coefficient (Wildman–Crippen LogP) is 0.805. The van der Waals surface area contributed by atoms with E-state index in [1.807, 2.05) is 25.8 Å². The zero-order chi connectivity index (χ0) is 10.0. The molecule has 0 aromatic carbocycles. The average Bonchev–Trinajstić information content (AvgIpc) is 2.49. The Labute approximate surface area is 80.7 Å². The van der Waals surface area contributed by atoms with Crippen LogP contribution in [0.4, 0.5) is 0 Å². The summed E-state index contributed by atoms with van der Waals surface area (Å²) in [6, 6.07) is 0.430. The molecule has 0 N–H and O–H groups in total. The molecule has 0 radical (unpaired) electrons. The third-order valence-corrected chi connectivity index (χ3v) is 2.76. The Morgan fingerprint density at radius 3 is 2.54 bits per heavy atom. The Morgan fingerprint density at radius 2 is 2.15 bits per heavy atom. The van der Waals surface area contributed by atoms with Crippen LogP contribution in [-0.4, -0.2) is 48.9 Å². The van der Waals surface area contributed by atoms with E-state index in [2.05, 4.69) is 11.9 Å². The van der Waals surface area contributed by atoms with Crippen molar-refractivity contribution in [2.75, 3.05) is 27.2 Å². The van der Waals surface area contributed by atoms with Gasteiger partial charge in [0.15, 0.2) is 0 Å². The van der Waals surface area contributed by atoms with Gasteiger partial charge in [-0.15, -0.1) is 0 Å². The van der Waals surface area contributed by atoms with Crippen LogP contribution < -0.4 is 0 Å². The average molecular weight is 184 g/mol. The largest absolute Gasteiger partial charge is 0.341 e. The maximum atomic E-state index is 11.6. The number of likely N-dealkylation sites (tertiary alicyclic amines) is 1. The van der Waals surface area contributed by atoms with Crippen molar-refractivity contribution in [3.05, 3.63) is 0 Å². The van der Waals surface area contributed by atoms with Gasteiger partial charge >= 0.3 is 0 Å². The summed E-state index contributed by atoms with van der Waals surface area (Å²) in [5.74, 6) is 0.385. The van der Waals surface area contributed by atoms with Crippen LogP contribution in [0.5, 0.6) is 0 Å². The van der Waals surface area contributed by atoms with Crippen molar-refractivity contribution in [3.63, 3.8) is 0 Å². The second-order valence-electron chi connectivity index (χ2n) is 4.31. The van der Waals surface area contributed by atoms with Crippen LogP contribution in [0.2, 0.25) is 0 Å². The molecular weight excluding hydrogens is 164 g/mol. The zero-order valence-corrected chi connectivity index (χ0v) is 9.08. The summed E-state index contributed by atoms with van der Waals surface area (Å²) in [4.78, 5) is 15.8. The molecule has 0 aromatic heterocycles. The Kier molecular flexibility index (Phi) is 3.31. The van der Waals surface area contributed by atoms with Gasteiger partial charge in [-0.3, -0.25) is 4.79 Å². The summed E-state index contributed by atoms with van der Waals surface area (Å²) in [7, 11) is 4.03. The van der Waals surface area contributed by atoms with Crippen molar-refractivity contribution in [1.82, 2.24) is 9.80 Å². The Bertz CT molecular complexity index is 191. The van der Waals surface area contributed by atoms with Crippen molar-refractivity contribution in [2.24, 2.45) is 5.92 Å². The predicted molar refractivity (Wildman–Crippen MR) is 53.5 cm³/mol. The molecule has 3 nitrogen and oxygen atoms in total. The van der Waals surface area contributed by atoms with Gasteiger partial charge in [0.1, 0.15) is 0 Å². The molecule has 1 rings (SSSR count).